The molecule has 0 amide bonds. The van der Waals surface area contributed by atoms with E-state index < -0.39 is 0 Å². The van der Waals surface area contributed by atoms with Crippen LogP contribution in [0.2, 0.25) is 0 Å². The Balaban J connectivity index is 2.91. The molecule has 2 nitrogen and oxygen atoms in total. The Morgan fingerprint density at radius 2 is 2.19 bits per heavy atom. The Morgan fingerprint density at radius 1 is 1.50 bits per heavy atom. The summed E-state index contributed by atoms with van der Waals surface area (Å²) < 4.78 is 13.4. The molecular weight excluding hydrogens is 225 g/mol. The lowest BCUT2D eigenvalue weighted by Gasteiger charge is -2.13. The topological polar surface area (TPSA) is 46.2 Å². The Labute approximate surface area is 100 Å². The van der Waals surface area contributed by atoms with E-state index in [2.05, 4.69) is 0 Å². The minimum Gasteiger partial charge on any atom is -0.396 e. The molecule has 16 heavy (non-hydrogen) atoms. The molecule has 0 saturated heterocycles. The summed E-state index contributed by atoms with van der Waals surface area (Å²) >= 11 is 1.62. The van der Waals surface area contributed by atoms with E-state index in [0.717, 1.165) is 22.6 Å². The fourth-order valence-corrected chi connectivity index (χ4v) is 2.56. The number of hydrogen-bond acceptors (Lipinski definition) is 3. The summed E-state index contributed by atoms with van der Waals surface area (Å²) in [6.07, 6.45) is 0.736. The number of aliphatic hydroxyl groups is 1. The zero-order valence-corrected chi connectivity index (χ0v) is 10.5. The summed E-state index contributed by atoms with van der Waals surface area (Å²) in [5.41, 5.74) is 7.28. The zero-order chi connectivity index (χ0) is 12.1. The van der Waals surface area contributed by atoms with Crippen LogP contribution in [0.4, 0.5) is 4.39 Å². The van der Waals surface area contributed by atoms with Gasteiger partial charge in [-0.15, -0.1) is 11.8 Å². The fourth-order valence-electron chi connectivity index (χ4n) is 1.40. The molecule has 1 rings (SSSR count). The van der Waals surface area contributed by atoms with E-state index in [1.807, 2.05) is 13.0 Å². The van der Waals surface area contributed by atoms with Gasteiger partial charge < -0.3 is 10.8 Å². The third-order valence-electron chi connectivity index (χ3n) is 2.34. The maximum Gasteiger partial charge on any atom is 0.126 e. The summed E-state index contributed by atoms with van der Waals surface area (Å²) in [5.74, 6) is 0.611. The second-order valence-corrected chi connectivity index (χ2v) is 4.99. The van der Waals surface area contributed by atoms with E-state index in [1.165, 1.54) is 6.07 Å². The van der Waals surface area contributed by atoms with Gasteiger partial charge in [0.05, 0.1) is 0 Å². The van der Waals surface area contributed by atoms with Crippen LogP contribution >= 0.6 is 11.8 Å². The van der Waals surface area contributed by atoms with Crippen molar-refractivity contribution >= 4 is 11.8 Å². The average Bonchev–Trinajstić information content (AvgIpc) is 2.23. The summed E-state index contributed by atoms with van der Waals surface area (Å²) in [7, 11) is 0. The summed E-state index contributed by atoms with van der Waals surface area (Å²) in [6.45, 7) is 3.78. The van der Waals surface area contributed by atoms with Crippen LogP contribution in [-0.4, -0.2) is 17.5 Å². The normalized spacial score (nSPS) is 12.8. The molecule has 1 aromatic rings. The lowest BCUT2D eigenvalue weighted by atomic mass is 10.1. The standard InChI is InChI=1S/C12H18FNOS/c1-8-6-12(16-5-3-4-15)10(9(2)14)7-11(8)13/h6-7,9,15H,3-5,14H2,1-2H3/t9-/m1/s1. The van der Waals surface area contributed by atoms with Crippen LogP contribution in [0.25, 0.3) is 0 Å². The van der Waals surface area contributed by atoms with Crippen LogP contribution in [0.1, 0.15) is 30.5 Å². The van der Waals surface area contributed by atoms with E-state index in [0.29, 0.717) is 5.56 Å². The fraction of sp³-hybridized carbons (Fsp3) is 0.500. The lowest BCUT2D eigenvalue weighted by molar-refractivity contribution is 0.296. The summed E-state index contributed by atoms with van der Waals surface area (Å²) in [5, 5.41) is 8.72. The Bertz CT molecular complexity index is 355. The van der Waals surface area contributed by atoms with Gasteiger partial charge in [0.2, 0.25) is 0 Å². The molecule has 3 N–H and O–H groups in total. The van der Waals surface area contributed by atoms with Crippen molar-refractivity contribution < 1.29 is 9.50 Å². The molecule has 1 atom stereocenters. The molecule has 0 fully saturated rings. The number of aliphatic hydroxyl groups excluding tert-OH is 1. The number of nitrogens with two attached hydrogens (primary N) is 1. The number of benzene rings is 1. The monoisotopic (exact) mass is 243 g/mol. The largest absolute Gasteiger partial charge is 0.396 e. The second kappa shape index (κ2) is 6.23. The van der Waals surface area contributed by atoms with Crippen molar-refractivity contribution in [1.82, 2.24) is 0 Å². The Kier molecular flexibility index (Phi) is 5.25. The van der Waals surface area contributed by atoms with Crippen molar-refractivity contribution in [2.24, 2.45) is 5.73 Å². The van der Waals surface area contributed by atoms with Gasteiger partial charge in [-0.25, -0.2) is 4.39 Å². The first-order valence-electron chi connectivity index (χ1n) is 5.35. The highest BCUT2D eigenvalue weighted by atomic mass is 32.2. The van der Waals surface area contributed by atoms with Gasteiger partial charge in [-0.1, -0.05) is 0 Å². The molecule has 0 spiro atoms. The van der Waals surface area contributed by atoms with E-state index in [1.54, 1.807) is 18.7 Å². The van der Waals surface area contributed by atoms with Crippen molar-refractivity contribution in [2.45, 2.75) is 31.2 Å². The van der Waals surface area contributed by atoms with Crippen molar-refractivity contribution in [2.75, 3.05) is 12.4 Å². The molecule has 0 heterocycles. The van der Waals surface area contributed by atoms with Gasteiger partial charge in [0.25, 0.3) is 0 Å². The third kappa shape index (κ3) is 3.47. The van der Waals surface area contributed by atoms with Gasteiger partial charge in [0, 0.05) is 23.3 Å². The van der Waals surface area contributed by atoms with Crippen LogP contribution in [0.3, 0.4) is 0 Å². The van der Waals surface area contributed by atoms with Crippen LogP contribution in [0.15, 0.2) is 17.0 Å². The van der Waals surface area contributed by atoms with E-state index in [4.69, 9.17) is 10.8 Å². The minimum atomic E-state index is -0.209. The molecule has 0 radical (unpaired) electrons. The van der Waals surface area contributed by atoms with Crippen LogP contribution in [-0.2, 0) is 0 Å². The summed E-state index contributed by atoms with van der Waals surface area (Å²) in [4.78, 5) is 1.02. The highest BCUT2D eigenvalue weighted by Gasteiger charge is 2.11. The van der Waals surface area contributed by atoms with Gasteiger partial charge in [0.15, 0.2) is 0 Å². The predicted molar refractivity (Wildman–Crippen MR) is 66.2 cm³/mol. The first-order chi connectivity index (χ1) is 7.56. The van der Waals surface area contributed by atoms with Crippen LogP contribution in [0, 0.1) is 12.7 Å². The van der Waals surface area contributed by atoms with Crippen molar-refractivity contribution in [3.8, 4) is 0 Å². The molecular formula is C12H18FNOS. The third-order valence-corrected chi connectivity index (χ3v) is 3.50. The Morgan fingerprint density at radius 3 is 2.75 bits per heavy atom. The van der Waals surface area contributed by atoms with Gasteiger partial charge in [-0.05, 0) is 43.5 Å². The zero-order valence-electron chi connectivity index (χ0n) is 9.66. The number of halogens is 1. The molecule has 0 aromatic heterocycles. The molecule has 0 bridgehead atoms. The van der Waals surface area contributed by atoms with Crippen molar-refractivity contribution in [1.29, 1.82) is 0 Å². The highest BCUT2D eigenvalue weighted by molar-refractivity contribution is 7.99. The average molecular weight is 243 g/mol. The second-order valence-electron chi connectivity index (χ2n) is 3.85. The first-order valence-corrected chi connectivity index (χ1v) is 6.34. The van der Waals surface area contributed by atoms with E-state index >= 15 is 0 Å². The van der Waals surface area contributed by atoms with Gasteiger partial charge in [-0.2, -0.15) is 0 Å². The molecule has 1 aromatic carbocycles. The molecule has 90 valence electrons. The quantitative estimate of drug-likeness (QED) is 0.617. The predicted octanol–water partition coefficient (Wildman–Crippen LogP) is 2.63. The summed E-state index contributed by atoms with van der Waals surface area (Å²) in [6, 6.07) is 3.17. The molecule has 0 saturated carbocycles. The molecule has 0 aliphatic rings. The number of hydrogen-bond donors (Lipinski definition) is 2. The maximum absolute atomic E-state index is 13.4. The molecule has 0 unspecified atom stereocenters. The van der Waals surface area contributed by atoms with Gasteiger partial charge in [-0.3, -0.25) is 0 Å². The first kappa shape index (κ1) is 13.5. The van der Waals surface area contributed by atoms with Crippen molar-refractivity contribution in [3.63, 3.8) is 0 Å². The van der Waals surface area contributed by atoms with Gasteiger partial charge >= 0.3 is 0 Å². The lowest BCUT2D eigenvalue weighted by Crippen LogP contribution is -2.07. The molecule has 0 aliphatic heterocycles. The maximum atomic E-state index is 13.4. The van der Waals surface area contributed by atoms with Crippen LogP contribution in [0.5, 0.6) is 0 Å². The van der Waals surface area contributed by atoms with E-state index in [9.17, 15) is 4.39 Å². The number of aryl methyl sites for hydroxylation is 1. The van der Waals surface area contributed by atoms with Crippen LogP contribution < -0.4 is 5.73 Å². The van der Waals surface area contributed by atoms with Gasteiger partial charge in [0.1, 0.15) is 5.82 Å². The van der Waals surface area contributed by atoms with Crippen molar-refractivity contribution in [3.05, 3.63) is 29.1 Å². The molecule has 4 heteroatoms. The Hall–Kier alpha value is -0.580. The number of thioether (sulfide) groups is 1. The SMILES string of the molecule is Cc1cc(SCCCO)c([C@@H](C)N)cc1F. The highest BCUT2D eigenvalue weighted by Crippen LogP contribution is 2.29. The minimum absolute atomic E-state index is 0.174. The smallest absolute Gasteiger partial charge is 0.126 e. The molecule has 0 aliphatic carbocycles. The van der Waals surface area contributed by atoms with E-state index in [-0.39, 0.29) is 18.5 Å². The number of rotatable bonds is 5.